The lowest BCUT2D eigenvalue weighted by atomic mass is 10.1. The molecule has 2 aromatic heterocycles. The van der Waals surface area contributed by atoms with Gasteiger partial charge in [-0.05, 0) is 46.7 Å². The second-order valence-electron chi connectivity index (χ2n) is 4.43. The summed E-state index contributed by atoms with van der Waals surface area (Å²) in [6, 6.07) is 12.3. The minimum absolute atomic E-state index is 0.926. The van der Waals surface area contributed by atoms with Crippen LogP contribution in [-0.2, 0) is 4.79 Å². The standard InChI is InChI=1S/C17H12O2S2/c18-17(19)10-9-14-8-7-13(21-14)6-5-12-11-20-16-4-2-1-3-15(12)16/h1-11H,(H,18,19)/b6-5+,10-9+. The maximum Gasteiger partial charge on any atom is 0.328 e. The van der Waals surface area contributed by atoms with Crippen LogP contribution < -0.4 is 0 Å². The van der Waals surface area contributed by atoms with Gasteiger partial charge in [0.15, 0.2) is 0 Å². The molecule has 2 nitrogen and oxygen atoms in total. The highest BCUT2D eigenvalue weighted by Gasteiger charge is 2.00. The first-order chi connectivity index (χ1) is 10.2. The van der Waals surface area contributed by atoms with Crippen molar-refractivity contribution in [3.8, 4) is 0 Å². The second-order valence-corrected chi connectivity index (χ2v) is 6.49. The summed E-state index contributed by atoms with van der Waals surface area (Å²) in [7, 11) is 0. The summed E-state index contributed by atoms with van der Waals surface area (Å²) in [4.78, 5) is 12.5. The van der Waals surface area contributed by atoms with E-state index in [9.17, 15) is 4.79 Å². The van der Waals surface area contributed by atoms with Crippen molar-refractivity contribution in [2.24, 2.45) is 0 Å². The van der Waals surface area contributed by atoms with Gasteiger partial charge in [0.2, 0.25) is 0 Å². The van der Waals surface area contributed by atoms with E-state index < -0.39 is 5.97 Å². The molecule has 2 heterocycles. The zero-order chi connectivity index (χ0) is 14.7. The number of thiophene rings is 2. The molecule has 3 rings (SSSR count). The Kier molecular flexibility index (Phi) is 3.99. The third kappa shape index (κ3) is 3.29. The molecule has 1 N–H and O–H groups in total. The Balaban J connectivity index is 1.81. The first kappa shape index (κ1) is 13.8. The van der Waals surface area contributed by atoms with Crippen LogP contribution in [0.1, 0.15) is 15.3 Å². The average molecular weight is 312 g/mol. The lowest BCUT2D eigenvalue weighted by molar-refractivity contribution is -0.131. The van der Waals surface area contributed by atoms with Crippen molar-refractivity contribution in [2.45, 2.75) is 0 Å². The molecule has 21 heavy (non-hydrogen) atoms. The highest BCUT2D eigenvalue weighted by molar-refractivity contribution is 7.17. The molecule has 0 fully saturated rings. The molecule has 0 atom stereocenters. The minimum Gasteiger partial charge on any atom is -0.478 e. The Morgan fingerprint density at radius 3 is 2.57 bits per heavy atom. The molecule has 0 bridgehead atoms. The molecule has 0 aliphatic heterocycles. The monoisotopic (exact) mass is 312 g/mol. The fourth-order valence-electron chi connectivity index (χ4n) is 2.00. The highest BCUT2D eigenvalue weighted by Crippen LogP contribution is 2.28. The van der Waals surface area contributed by atoms with Crippen molar-refractivity contribution >= 4 is 57.0 Å². The van der Waals surface area contributed by atoms with Crippen LogP contribution in [0.15, 0.2) is 47.9 Å². The van der Waals surface area contributed by atoms with Crippen LogP contribution in [0.5, 0.6) is 0 Å². The fourth-order valence-corrected chi connectivity index (χ4v) is 3.75. The van der Waals surface area contributed by atoms with Crippen LogP contribution >= 0.6 is 22.7 Å². The third-order valence-corrected chi connectivity index (χ3v) is 4.97. The van der Waals surface area contributed by atoms with Gasteiger partial charge in [-0.25, -0.2) is 4.79 Å². The van der Waals surface area contributed by atoms with Gasteiger partial charge in [0, 0.05) is 20.5 Å². The summed E-state index contributed by atoms with van der Waals surface area (Å²) in [5.41, 5.74) is 1.21. The Hall–Kier alpha value is -2.17. The van der Waals surface area contributed by atoms with E-state index >= 15 is 0 Å². The van der Waals surface area contributed by atoms with Crippen molar-refractivity contribution in [3.05, 3.63) is 63.2 Å². The molecule has 0 saturated carbocycles. The molecule has 3 aromatic rings. The predicted molar refractivity (Wildman–Crippen MR) is 91.7 cm³/mol. The van der Waals surface area contributed by atoms with Gasteiger partial charge in [0.1, 0.15) is 0 Å². The van der Waals surface area contributed by atoms with Gasteiger partial charge in [-0.1, -0.05) is 24.3 Å². The van der Waals surface area contributed by atoms with Gasteiger partial charge in [0.05, 0.1) is 0 Å². The number of carboxylic acids is 1. The minimum atomic E-state index is -0.926. The van der Waals surface area contributed by atoms with Crippen LogP contribution in [0.3, 0.4) is 0 Å². The van der Waals surface area contributed by atoms with Crippen molar-refractivity contribution in [2.75, 3.05) is 0 Å². The topological polar surface area (TPSA) is 37.3 Å². The molecule has 104 valence electrons. The van der Waals surface area contributed by atoms with Crippen LogP contribution in [0.2, 0.25) is 0 Å². The molecule has 1 aromatic carbocycles. The smallest absolute Gasteiger partial charge is 0.328 e. The number of benzene rings is 1. The Labute approximate surface area is 130 Å². The average Bonchev–Trinajstić information content (AvgIpc) is 3.10. The summed E-state index contributed by atoms with van der Waals surface area (Å²) < 4.78 is 1.29. The van der Waals surface area contributed by atoms with Crippen molar-refractivity contribution in [1.29, 1.82) is 0 Å². The molecule has 0 aliphatic rings. The number of hydrogen-bond donors (Lipinski definition) is 1. The van der Waals surface area contributed by atoms with Crippen molar-refractivity contribution < 1.29 is 9.90 Å². The summed E-state index contributed by atoms with van der Waals surface area (Å²) in [5.74, 6) is -0.926. The highest BCUT2D eigenvalue weighted by atomic mass is 32.1. The van der Waals surface area contributed by atoms with E-state index in [1.54, 1.807) is 28.7 Å². The number of rotatable bonds is 4. The molecule has 0 unspecified atom stereocenters. The van der Waals surface area contributed by atoms with E-state index in [4.69, 9.17) is 5.11 Å². The molecule has 0 radical (unpaired) electrons. The molecular formula is C17H12O2S2. The van der Waals surface area contributed by atoms with Gasteiger partial charge in [-0.15, -0.1) is 22.7 Å². The zero-order valence-electron chi connectivity index (χ0n) is 11.0. The quantitative estimate of drug-likeness (QED) is 0.670. The molecule has 0 saturated heterocycles. The largest absolute Gasteiger partial charge is 0.478 e. The maximum absolute atomic E-state index is 10.5. The predicted octanol–water partition coefficient (Wildman–Crippen LogP) is 5.23. The van der Waals surface area contributed by atoms with Crippen LogP contribution in [0.4, 0.5) is 0 Å². The summed E-state index contributed by atoms with van der Waals surface area (Å²) in [5, 5.41) is 12.0. The normalized spacial score (nSPS) is 11.8. The number of hydrogen-bond acceptors (Lipinski definition) is 3. The van der Waals surface area contributed by atoms with Gasteiger partial charge < -0.3 is 5.11 Å². The lowest BCUT2D eigenvalue weighted by Crippen LogP contribution is -1.84. The number of carbonyl (C=O) groups is 1. The summed E-state index contributed by atoms with van der Waals surface area (Å²) in [6.07, 6.45) is 6.95. The van der Waals surface area contributed by atoms with Gasteiger partial charge >= 0.3 is 5.97 Å². The zero-order valence-corrected chi connectivity index (χ0v) is 12.7. The van der Waals surface area contributed by atoms with E-state index in [0.717, 1.165) is 15.8 Å². The fraction of sp³-hybridized carbons (Fsp3) is 0. The first-order valence-electron chi connectivity index (χ1n) is 6.37. The second kappa shape index (κ2) is 6.08. The Morgan fingerprint density at radius 1 is 1.00 bits per heavy atom. The van der Waals surface area contributed by atoms with E-state index in [0.29, 0.717) is 0 Å². The molecule has 0 amide bonds. The van der Waals surface area contributed by atoms with Crippen LogP contribution in [0.25, 0.3) is 28.3 Å². The summed E-state index contributed by atoms with van der Waals surface area (Å²) >= 11 is 3.31. The van der Waals surface area contributed by atoms with E-state index in [1.165, 1.54) is 15.6 Å². The number of aliphatic carboxylic acids is 1. The Bertz CT molecular complexity index is 837. The van der Waals surface area contributed by atoms with E-state index in [2.05, 4.69) is 29.7 Å². The van der Waals surface area contributed by atoms with Gasteiger partial charge in [-0.3, -0.25) is 0 Å². The van der Waals surface area contributed by atoms with Crippen molar-refractivity contribution in [1.82, 2.24) is 0 Å². The third-order valence-electron chi connectivity index (χ3n) is 2.98. The summed E-state index contributed by atoms with van der Waals surface area (Å²) in [6.45, 7) is 0. The van der Waals surface area contributed by atoms with E-state index in [-0.39, 0.29) is 0 Å². The SMILES string of the molecule is O=C(O)/C=C/c1ccc(/C=C/c2csc3ccccc23)s1. The van der Waals surface area contributed by atoms with Gasteiger partial charge in [0.25, 0.3) is 0 Å². The number of carboxylic acid groups (broad SMARTS) is 1. The molecular weight excluding hydrogens is 300 g/mol. The van der Waals surface area contributed by atoms with Crippen molar-refractivity contribution in [3.63, 3.8) is 0 Å². The van der Waals surface area contributed by atoms with Crippen LogP contribution in [0, 0.1) is 0 Å². The maximum atomic E-state index is 10.5. The lowest BCUT2D eigenvalue weighted by Gasteiger charge is -1.90. The molecule has 4 heteroatoms. The number of fused-ring (bicyclic) bond motifs is 1. The van der Waals surface area contributed by atoms with E-state index in [1.807, 2.05) is 24.3 Å². The van der Waals surface area contributed by atoms with Crippen LogP contribution in [-0.4, -0.2) is 11.1 Å². The Morgan fingerprint density at radius 2 is 1.76 bits per heavy atom. The first-order valence-corrected chi connectivity index (χ1v) is 8.07. The van der Waals surface area contributed by atoms with Gasteiger partial charge in [-0.2, -0.15) is 0 Å². The molecule has 0 aliphatic carbocycles. The molecule has 0 spiro atoms.